The van der Waals surface area contributed by atoms with Crippen LogP contribution in [0.4, 0.5) is 0 Å². The van der Waals surface area contributed by atoms with Crippen LogP contribution < -0.4 is 69.3 Å². The zero-order valence-corrected chi connectivity index (χ0v) is 12.0. The number of hydrogen-bond acceptors (Lipinski definition) is 5. The smallest absolute Gasteiger partial charge is 0.545 e. The van der Waals surface area contributed by atoms with Crippen molar-refractivity contribution in [3.05, 3.63) is 21.9 Å². The second-order valence-corrected chi connectivity index (χ2v) is 2.65. The summed E-state index contributed by atoms with van der Waals surface area (Å²) in [6.07, 6.45) is 0. The Kier molecular flexibility index (Phi) is 8.66. The second-order valence-electron chi connectivity index (χ2n) is 1.74. The van der Waals surface area contributed by atoms with E-state index in [4.69, 9.17) is 0 Å². The average molecular weight is 216 g/mol. The van der Waals surface area contributed by atoms with Crippen LogP contribution >= 0.6 is 11.3 Å². The van der Waals surface area contributed by atoms with E-state index in [9.17, 15) is 19.8 Å². The number of carbonyl (C=O) groups is 2. The monoisotopic (exact) mass is 216 g/mol. The minimum absolute atomic E-state index is 0. The number of rotatable bonds is 2. The molecule has 0 fully saturated rings. The van der Waals surface area contributed by atoms with Crippen molar-refractivity contribution in [2.75, 3.05) is 0 Å². The molecule has 0 aliphatic carbocycles. The molecule has 1 rings (SSSR count). The van der Waals surface area contributed by atoms with Crippen LogP contribution in [0.2, 0.25) is 0 Å². The zero-order chi connectivity index (χ0) is 8.43. The number of carbonyl (C=O) groups excluding carboxylic acids is 2. The Balaban J connectivity index is 0. The molecule has 7 heteroatoms. The van der Waals surface area contributed by atoms with Crippen molar-refractivity contribution in [3.8, 4) is 0 Å². The molecule has 1 aromatic heterocycles. The quantitative estimate of drug-likeness (QED) is 0.460. The van der Waals surface area contributed by atoms with Crippen LogP contribution in [0.25, 0.3) is 0 Å². The van der Waals surface area contributed by atoms with Gasteiger partial charge in [-0.25, -0.2) is 0 Å². The third kappa shape index (κ3) is 4.12. The van der Waals surface area contributed by atoms with Crippen LogP contribution in [-0.4, -0.2) is 11.9 Å². The molecule has 0 saturated carbocycles. The Morgan fingerprint density at radius 3 is 2.00 bits per heavy atom. The summed E-state index contributed by atoms with van der Waals surface area (Å²) in [5.41, 5.74) is -0.324. The van der Waals surface area contributed by atoms with Crippen LogP contribution in [-0.2, 0) is 0 Å². The first-order valence-electron chi connectivity index (χ1n) is 2.63. The topological polar surface area (TPSA) is 80.3 Å². The van der Waals surface area contributed by atoms with Crippen molar-refractivity contribution in [1.82, 2.24) is 0 Å². The summed E-state index contributed by atoms with van der Waals surface area (Å²) >= 11 is 0.803. The minimum Gasteiger partial charge on any atom is -0.545 e. The van der Waals surface area contributed by atoms with E-state index in [0.717, 1.165) is 11.3 Å². The number of hydrogen-bond donors (Lipinski definition) is 0. The first-order chi connectivity index (χ1) is 5.13. The van der Waals surface area contributed by atoms with E-state index in [2.05, 4.69) is 0 Å². The molecular weight excluding hydrogens is 214 g/mol. The van der Waals surface area contributed by atoms with Crippen molar-refractivity contribution >= 4 is 23.3 Å². The summed E-state index contributed by atoms with van der Waals surface area (Å²) in [5.74, 6) is -2.98. The Morgan fingerprint density at radius 1 is 1.15 bits per heavy atom. The third-order valence-corrected chi connectivity index (χ3v) is 1.96. The molecule has 1 aromatic rings. The molecule has 1 heterocycles. The SMILES string of the molecule is O=C([O-])c1ccsc1C(=O)[O-].[Na+].[Na+]. The Bertz CT molecular complexity index is 281. The maximum Gasteiger partial charge on any atom is 1.00 e. The normalized spacial score (nSPS) is 8.00. The van der Waals surface area contributed by atoms with Gasteiger partial charge in [0, 0.05) is 5.56 Å². The van der Waals surface area contributed by atoms with Crippen molar-refractivity contribution in [1.29, 1.82) is 0 Å². The molecule has 0 radical (unpaired) electrons. The first kappa shape index (κ1) is 16.1. The molecule has 0 atom stereocenters. The van der Waals surface area contributed by atoms with Gasteiger partial charge in [-0.1, -0.05) is 0 Å². The van der Waals surface area contributed by atoms with E-state index in [-0.39, 0.29) is 69.6 Å². The maximum absolute atomic E-state index is 10.2. The van der Waals surface area contributed by atoms with Crippen molar-refractivity contribution in [3.63, 3.8) is 0 Å². The van der Waals surface area contributed by atoms with E-state index >= 15 is 0 Å². The molecular formula is C6H2Na2O4S. The van der Waals surface area contributed by atoms with Gasteiger partial charge in [0.05, 0.1) is 16.8 Å². The number of aromatic carboxylic acids is 2. The molecule has 4 nitrogen and oxygen atoms in total. The van der Waals surface area contributed by atoms with Gasteiger partial charge in [-0.3, -0.25) is 0 Å². The fourth-order valence-electron chi connectivity index (χ4n) is 0.628. The number of carboxylic acids is 2. The van der Waals surface area contributed by atoms with Crippen molar-refractivity contribution in [2.24, 2.45) is 0 Å². The fourth-order valence-corrected chi connectivity index (χ4v) is 1.34. The van der Waals surface area contributed by atoms with Crippen LogP contribution in [0.3, 0.4) is 0 Å². The third-order valence-electron chi connectivity index (χ3n) is 1.07. The van der Waals surface area contributed by atoms with Gasteiger partial charge in [0.2, 0.25) is 0 Å². The van der Waals surface area contributed by atoms with E-state index in [0.29, 0.717) is 0 Å². The summed E-state index contributed by atoms with van der Waals surface area (Å²) in [4.78, 5) is 20.1. The molecule has 0 aliphatic rings. The number of thiophene rings is 1. The molecule has 0 aliphatic heterocycles. The predicted molar refractivity (Wildman–Crippen MR) is 33.0 cm³/mol. The van der Waals surface area contributed by atoms with Crippen molar-refractivity contribution < 1.29 is 78.9 Å². The molecule has 58 valence electrons. The first-order valence-corrected chi connectivity index (χ1v) is 3.51. The van der Waals surface area contributed by atoms with Gasteiger partial charge in [-0.15, -0.1) is 11.3 Å². The van der Waals surface area contributed by atoms with Crippen LogP contribution in [0.1, 0.15) is 20.0 Å². The predicted octanol–water partition coefficient (Wildman–Crippen LogP) is -7.52. The fraction of sp³-hybridized carbons (Fsp3) is 0. The summed E-state index contributed by atoms with van der Waals surface area (Å²) in [5, 5.41) is 21.7. The largest absolute Gasteiger partial charge is 1.00 e. The second kappa shape index (κ2) is 7.00. The van der Waals surface area contributed by atoms with Gasteiger partial charge >= 0.3 is 59.1 Å². The minimum atomic E-state index is -1.49. The van der Waals surface area contributed by atoms with E-state index in [1.807, 2.05) is 0 Å². The average Bonchev–Trinajstić information content (AvgIpc) is 2.32. The van der Waals surface area contributed by atoms with E-state index in [1.165, 1.54) is 11.4 Å². The van der Waals surface area contributed by atoms with Gasteiger partial charge in [0.15, 0.2) is 0 Å². The van der Waals surface area contributed by atoms with Crippen LogP contribution in [0.15, 0.2) is 11.4 Å². The zero-order valence-electron chi connectivity index (χ0n) is 7.20. The standard InChI is InChI=1S/C6H4O4S.2Na/c7-5(8)3-1-2-11-4(3)6(9)10;;/h1-2H,(H,7,8)(H,9,10);;/q;2*+1/p-2. The van der Waals surface area contributed by atoms with Gasteiger partial charge in [0.25, 0.3) is 0 Å². The Hall–Kier alpha value is 0.640. The van der Waals surface area contributed by atoms with Crippen LogP contribution in [0.5, 0.6) is 0 Å². The van der Waals surface area contributed by atoms with Crippen LogP contribution in [0, 0.1) is 0 Å². The molecule has 0 unspecified atom stereocenters. The van der Waals surface area contributed by atoms with Gasteiger partial charge < -0.3 is 19.8 Å². The summed E-state index contributed by atoms with van der Waals surface area (Å²) in [7, 11) is 0. The Morgan fingerprint density at radius 2 is 1.69 bits per heavy atom. The Labute approximate surface area is 123 Å². The van der Waals surface area contributed by atoms with Gasteiger partial charge in [-0.05, 0) is 11.4 Å². The number of carboxylic acid groups (broad SMARTS) is 2. The van der Waals surface area contributed by atoms with Crippen molar-refractivity contribution in [2.45, 2.75) is 0 Å². The molecule has 0 N–H and O–H groups in total. The molecule has 0 saturated heterocycles. The summed E-state index contributed by atoms with van der Waals surface area (Å²) in [6, 6.07) is 1.17. The maximum atomic E-state index is 10.2. The van der Waals surface area contributed by atoms with Gasteiger partial charge in [-0.2, -0.15) is 0 Å². The molecule has 0 spiro atoms. The van der Waals surface area contributed by atoms with E-state index in [1.54, 1.807) is 0 Å². The molecule has 0 bridgehead atoms. The molecule has 13 heavy (non-hydrogen) atoms. The molecule has 0 amide bonds. The summed E-state index contributed by atoms with van der Waals surface area (Å²) < 4.78 is 0. The van der Waals surface area contributed by atoms with E-state index < -0.39 is 11.9 Å². The summed E-state index contributed by atoms with van der Waals surface area (Å²) in [6.45, 7) is 0. The molecule has 0 aromatic carbocycles. The van der Waals surface area contributed by atoms with Gasteiger partial charge in [0.1, 0.15) is 0 Å².